The van der Waals surface area contributed by atoms with Crippen LogP contribution in [0, 0.1) is 24.7 Å². The lowest BCUT2D eigenvalue weighted by Crippen LogP contribution is -2.19. The molecule has 0 saturated heterocycles. The van der Waals surface area contributed by atoms with Crippen LogP contribution in [0.4, 0.5) is 0 Å². The highest BCUT2D eigenvalue weighted by atomic mass is 14.3. The number of hydrogen-bond donors (Lipinski definition) is 0. The van der Waals surface area contributed by atoms with Gasteiger partial charge < -0.3 is 0 Å². The largest absolute Gasteiger partial charge is 0.0683 e. The molecule has 0 amide bonds. The first kappa shape index (κ1) is 18.6. The van der Waals surface area contributed by atoms with Gasteiger partial charge in [-0.25, -0.2) is 0 Å². The summed E-state index contributed by atoms with van der Waals surface area (Å²) in [5.74, 6) is 3.93. The van der Waals surface area contributed by atoms with Crippen LogP contribution in [0.15, 0.2) is 24.3 Å². The normalized spacial score (nSPS) is 31.1. The molecule has 0 radical (unpaired) electrons. The van der Waals surface area contributed by atoms with Crippen molar-refractivity contribution in [2.24, 2.45) is 17.8 Å². The fourth-order valence-corrected chi connectivity index (χ4v) is 4.61. The maximum absolute atomic E-state index is 2.43. The Hall–Kier alpha value is -0.780. The van der Waals surface area contributed by atoms with Crippen LogP contribution >= 0.6 is 0 Å². The molecule has 2 aliphatic carbocycles. The molecule has 0 aliphatic heterocycles. The molecule has 0 spiro atoms. The predicted molar refractivity (Wildman–Crippen MR) is 103 cm³/mol. The molecule has 0 unspecified atom stereocenters. The van der Waals surface area contributed by atoms with Crippen molar-refractivity contribution in [3.8, 4) is 0 Å². The van der Waals surface area contributed by atoms with Crippen molar-refractivity contribution in [1.29, 1.82) is 0 Å². The van der Waals surface area contributed by atoms with Gasteiger partial charge in [-0.05, 0) is 68.3 Å². The summed E-state index contributed by atoms with van der Waals surface area (Å²) in [5, 5.41) is 0. The highest BCUT2D eigenvalue weighted by Crippen LogP contribution is 2.41. The molecule has 2 saturated carbocycles. The van der Waals surface area contributed by atoms with Gasteiger partial charge in [-0.15, -0.1) is 0 Å². The second-order valence-corrected chi connectivity index (χ2v) is 7.99. The number of hydrogen-bond acceptors (Lipinski definition) is 0. The summed E-state index contributed by atoms with van der Waals surface area (Å²) in [6.45, 7) is 8.62. The maximum atomic E-state index is 2.43. The van der Waals surface area contributed by atoms with E-state index in [9.17, 15) is 0 Å². The van der Waals surface area contributed by atoms with Crippen LogP contribution in [0.25, 0.3) is 0 Å². The van der Waals surface area contributed by atoms with E-state index in [0.717, 1.165) is 23.7 Å². The molecule has 0 atom stereocenters. The van der Waals surface area contributed by atoms with Gasteiger partial charge in [-0.3, -0.25) is 0 Å². The third-order valence-electron chi connectivity index (χ3n) is 6.20. The minimum absolute atomic E-state index is 0.841. The van der Waals surface area contributed by atoms with Crippen LogP contribution in [0.1, 0.15) is 95.6 Å². The monoisotopic (exact) mass is 314 g/mol. The number of benzene rings is 1. The van der Waals surface area contributed by atoms with Gasteiger partial charge in [0, 0.05) is 0 Å². The third kappa shape index (κ3) is 5.66. The number of rotatable bonds is 3. The Morgan fingerprint density at radius 2 is 1.22 bits per heavy atom. The van der Waals surface area contributed by atoms with Crippen LogP contribution in [-0.2, 0) is 0 Å². The third-order valence-corrected chi connectivity index (χ3v) is 6.20. The van der Waals surface area contributed by atoms with Gasteiger partial charge in [-0.1, -0.05) is 76.3 Å². The average molecular weight is 315 g/mol. The Kier molecular flexibility index (Phi) is 7.66. The topological polar surface area (TPSA) is 0 Å². The lowest BCUT2D eigenvalue weighted by molar-refractivity contribution is 0.211. The molecule has 0 N–H and O–H groups in total. The van der Waals surface area contributed by atoms with Gasteiger partial charge in [0.15, 0.2) is 0 Å². The van der Waals surface area contributed by atoms with Gasteiger partial charge in [0.1, 0.15) is 0 Å². The van der Waals surface area contributed by atoms with Crippen LogP contribution in [0.2, 0.25) is 0 Å². The zero-order valence-corrected chi connectivity index (χ0v) is 16.0. The van der Waals surface area contributed by atoms with E-state index in [0.29, 0.717) is 0 Å². The van der Waals surface area contributed by atoms with Crippen molar-refractivity contribution in [2.75, 3.05) is 0 Å². The maximum Gasteiger partial charge on any atom is -0.0162 e. The summed E-state index contributed by atoms with van der Waals surface area (Å²) < 4.78 is 0. The Labute approximate surface area is 145 Å². The van der Waals surface area contributed by atoms with Crippen molar-refractivity contribution in [3.05, 3.63) is 35.4 Å². The highest BCUT2D eigenvalue weighted by Gasteiger charge is 2.26. The second kappa shape index (κ2) is 9.50. The van der Waals surface area contributed by atoms with Gasteiger partial charge >= 0.3 is 0 Å². The summed E-state index contributed by atoms with van der Waals surface area (Å²) >= 11 is 0. The molecule has 0 heterocycles. The Balaban J connectivity index is 0.000000924. The lowest BCUT2D eigenvalue weighted by Gasteiger charge is -2.33. The molecule has 0 aromatic heterocycles. The SMILES string of the molecule is CC.Cc1ccc(C2CCC(CC3CCC(C)CC3)CC2)cc1. The van der Waals surface area contributed by atoms with E-state index >= 15 is 0 Å². The molecule has 130 valence electrons. The Bertz CT molecular complexity index is 414. The predicted octanol–water partition coefficient (Wildman–Crippen LogP) is 7.51. The first-order chi connectivity index (χ1) is 11.2. The van der Waals surface area contributed by atoms with Gasteiger partial charge in [0.05, 0.1) is 0 Å². The van der Waals surface area contributed by atoms with E-state index in [1.807, 2.05) is 13.8 Å². The zero-order chi connectivity index (χ0) is 16.7. The lowest BCUT2D eigenvalue weighted by atomic mass is 9.72. The molecule has 2 fully saturated rings. The van der Waals surface area contributed by atoms with Crippen LogP contribution in [0.5, 0.6) is 0 Å². The van der Waals surface area contributed by atoms with E-state index in [4.69, 9.17) is 0 Å². The first-order valence-electron chi connectivity index (χ1n) is 10.3. The smallest absolute Gasteiger partial charge is 0.0162 e. The van der Waals surface area contributed by atoms with Crippen molar-refractivity contribution in [2.45, 2.75) is 91.4 Å². The molecule has 0 nitrogen and oxygen atoms in total. The van der Waals surface area contributed by atoms with Crippen molar-refractivity contribution < 1.29 is 0 Å². The minimum Gasteiger partial charge on any atom is -0.0683 e. The van der Waals surface area contributed by atoms with Crippen molar-refractivity contribution in [3.63, 3.8) is 0 Å². The molecule has 0 bridgehead atoms. The van der Waals surface area contributed by atoms with Gasteiger partial charge in [-0.2, -0.15) is 0 Å². The summed E-state index contributed by atoms with van der Waals surface area (Å²) in [6.07, 6.45) is 13.3. The van der Waals surface area contributed by atoms with Gasteiger partial charge in [0.2, 0.25) is 0 Å². The summed E-state index contributed by atoms with van der Waals surface area (Å²) in [6, 6.07) is 9.29. The molecular weight excluding hydrogens is 276 g/mol. The molecular formula is C23H38. The summed E-state index contributed by atoms with van der Waals surface area (Å²) in [5.41, 5.74) is 2.98. The van der Waals surface area contributed by atoms with Gasteiger partial charge in [0.25, 0.3) is 0 Å². The summed E-state index contributed by atoms with van der Waals surface area (Å²) in [7, 11) is 0. The van der Waals surface area contributed by atoms with Crippen LogP contribution in [0.3, 0.4) is 0 Å². The van der Waals surface area contributed by atoms with Crippen molar-refractivity contribution >= 4 is 0 Å². The molecule has 0 heteroatoms. The molecule has 1 aromatic carbocycles. The standard InChI is InChI=1S/C21H32.C2H6/c1-16-3-7-18(8-4-16)15-19-9-13-21(14-10-19)20-11-5-17(2)6-12-20;1-2/h5-6,11-12,16,18-19,21H,3-4,7-10,13-15H2,1-2H3;1-2H3. The molecule has 1 aromatic rings. The quantitative estimate of drug-likeness (QED) is 0.541. The first-order valence-corrected chi connectivity index (χ1v) is 10.3. The second-order valence-electron chi connectivity index (χ2n) is 7.99. The Morgan fingerprint density at radius 3 is 1.74 bits per heavy atom. The average Bonchev–Trinajstić information content (AvgIpc) is 2.60. The fraction of sp³-hybridized carbons (Fsp3) is 0.739. The van der Waals surface area contributed by atoms with E-state index in [2.05, 4.69) is 38.1 Å². The molecule has 2 aliphatic rings. The molecule has 23 heavy (non-hydrogen) atoms. The van der Waals surface area contributed by atoms with E-state index in [1.54, 1.807) is 5.56 Å². The minimum atomic E-state index is 0.841. The van der Waals surface area contributed by atoms with Crippen LogP contribution in [-0.4, -0.2) is 0 Å². The fourth-order valence-electron chi connectivity index (χ4n) is 4.61. The van der Waals surface area contributed by atoms with Crippen LogP contribution < -0.4 is 0 Å². The van der Waals surface area contributed by atoms with E-state index in [-0.39, 0.29) is 0 Å². The van der Waals surface area contributed by atoms with E-state index < -0.39 is 0 Å². The summed E-state index contributed by atoms with van der Waals surface area (Å²) in [4.78, 5) is 0. The zero-order valence-electron chi connectivity index (χ0n) is 16.0. The highest BCUT2D eigenvalue weighted by molar-refractivity contribution is 5.24. The number of aryl methyl sites for hydroxylation is 1. The van der Waals surface area contributed by atoms with Crippen molar-refractivity contribution in [1.82, 2.24) is 0 Å². The Morgan fingerprint density at radius 1 is 0.739 bits per heavy atom. The van der Waals surface area contributed by atoms with E-state index in [1.165, 1.54) is 63.4 Å². The molecule has 3 rings (SSSR count).